The van der Waals surface area contributed by atoms with Gasteiger partial charge in [-0.2, -0.15) is 0 Å². The number of amides is 1. The van der Waals surface area contributed by atoms with Crippen LogP contribution >= 0.6 is 0 Å². The fourth-order valence-corrected chi connectivity index (χ4v) is 2.57. The van der Waals surface area contributed by atoms with Gasteiger partial charge in [-0.1, -0.05) is 13.0 Å². The van der Waals surface area contributed by atoms with Gasteiger partial charge in [0.1, 0.15) is 5.75 Å². The summed E-state index contributed by atoms with van der Waals surface area (Å²) >= 11 is 0. The van der Waals surface area contributed by atoms with Gasteiger partial charge in [0.25, 0.3) is 5.91 Å². The van der Waals surface area contributed by atoms with Crippen molar-refractivity contribution in [3.8, 4) is 17.2 Å². The number of nitrogens with one attached hydrogen (secondary N) is 1. The number of hydrogen-bond donors (Lipinski definition) is 1. The van der Waals surface area contributed by atoms with Crippen molar-refractivity contribution < 1.29 is 28.5 Å². The molecule has 0 saturated heterocycles. The zero-order valence-electron chi connectivity index (χ0n) is 15.9. The molecule has 28 heavy (non-hydrogen) atoms. The topological polar surface area (TPSA) is 83.1 Å². The van der Waals surface area contributed by atoms with Gasteiger partial charge in [-0.25, -0.2) is 4.79 Å². The molecule has 0 radical (unpaired) electrons. The van der Waals surface area contributed by atoms with Crippen LogP contribution in [0.25, 0.3) is 0 Å². The molecule has 0 saturated carbocycles. The van der Waals surface area contributed by atoms with Crippen LogP contribution in [0.3, 0.4) is 0 Å². The van der Waals surface area contributed by atoms with Crippen molar-refractivity contribution in [2.75, 3.05) is 13.4 Å². The monoisotopic (exact) mass is 385 g/mol. The lowest BCUT2D eigenvalue weighted by atomic mass is 10.2. The van der Waals surface area contributed by atoms with Gasteiger partial charge < -0.3 is 24.3 Å². The minimum atomic E-state index is -0.919. The quantitative estimate of drug-likeness (QED) is 0.703. The van der Waals surface area contributed by atoms with Crippen LogP contribution in [-0.4, -0.2) is 31.4 Å². The molecular weight excluding hydrogens is 362 g/mol. The highest BCUT2D eigenvalue weighted by Gasteiger charge is 2.19. The van der Waals surface area contributed by atoms with E-state index in [1.807, 2.05) is 19.1 Å². The first-order valence-corrected chi connectivity index (χ1v) is 9.17. The summed E-state index contributed by atoms with van der Waals surface area (Å²) in [4.78, 5) is 24.4. The second-order valence-electron chi connectivity index (χ2n) is 6.33. The van der Waals surface area contributed by atoms with Crippen molar-refractivity contribution in [2.45, 2.75) is 32.9 Å². The lowest BCUT2D eigenvalue weighted by Crippen LogP contribution is -2.35. The van der Waals surface area contributed by atoms with E-state index in [-0.39, 0.29) is 12.7 Å². The molecular formula is C21H23NO6. The van der Waals surface area contributed by atoms with E-state index >= 15 is 0 Å². The van der Waals surface area contributed by atoms with Gasteiger partial charge >= 0.3 is 5.97 Å². The molecule has 0 spiro atoms. The van der Waals surface area contributed by atoms with Crippen molar-refractivity contribution in [1.82, 2.24) is 5.32 Å². The van der Waals surface area contributed by atoms with Crippen LogP contribution < -0.4 is 19.5 Å². The number of rotatable bonds is 8. The predicted octanol–water partition coefficient (Wildman–Crippen LogP) is 3.07. The number of ether oxygens (including phenoxy) is 4. The number of carbonyl (C=O) groups excluding carboxylic acids is 2. The third kappa shape index (κ3) is 4.94. The highest BCUT2D eigenvalue weighted by Crippen LogP contribution is 2.32. The molecule has 148 valence electrons. The van der Waals surface area contributed by atoms with Gasteiger partial charge in [0, 0.05) is 6.54 Å². The fraction of sp³-hybridized carbons (Fsp3) is 0.333. The van der Waals surface area contributed by atoms with E-state index in [9.17, 15) is 9.59 Å². The Balaban J connectivity index is 1.48. The number of benzene rings is 2. The minimum absolute atomic E-state index is 0.198. The van der Waals surface area contributed by atoms with E-state index in [0.717, 1.165) is 12.0 Å². The van der Waals surface area contributed by atoms with Gasteiger partial charge in [0.15, 0.2) is 17.6 Å². The molecule has 3 rings (SSSR count). The molecule has 0 aromatic heterocycles. The fourth-order valence-electron chi connectivity index (χ4n) is 2.57. The van der Waals surface area contributed by atoms with E-state index in [0.29, 0.717) is 36.0 Å². The zero-order chi connectivity index (χ0) is 19.9. The first kappa shape index (κ1) is 19.5. The highest BCUT2D eigenvalue weighted by molar-refractivity contribution is 5.92. The van der Waals surface area contributed by atoms with Crippen LogP contribution in [0.5, 0.6) is 17.2 Å². The van der Waals surface area contributed by atoms with Crippen LogP contribution in [-0.2, 0) is 16.1 Å². The zero-order valence-corrected chi connectivity index (χ0v) is 15.9. The Morgan fingerprint density at radius 2 is 1.86 bits per heavy atom. The van der Waals surface area contributed by atoms with Crippen LogP contribution in [0.4, 0.5) is 0 Å². The average molecular weight is 385 g/mol. The number of esters is 1. The van der Waals surface area contributed by atoms with Crippen molar-refractivity contribution in [3.05, 3.63) is 53.6 Å². The summed E-state index contributed by atoms with van der Waals surface area (Å²) in [6, 6.07) is 12.1. The SMILES string of the molecule is CCCOc1ccc(C(=O)O[C@@H](C)C(=O)NCc2ccc3c(c2)OCO3)cc1. The Hall–Kier alpha value is -3.22. The summed E-state index contributed by atoms with van der Waals surface area (Å²) in [5, 5.41) is 2.75. The lowest BCUT2D eigenvalue weighted by Gasteiger charge is -2.14. The summed E-state index contributed by atoms with van der Waals surface area (Å²) in [6.45, 7) is 4.66. The molecule has 2 aromatic rings. The van der Waals surface area contributed by atoms with Gasteiger partial charge in [0.2, 0.25) is 6.79 Å². The molecule has 1 N–H and O–H groups in total. The maximum atomic E-state index is 12.2. The van der Waals surface area contributed by atoms with Crippen molar-refractivity contribution in [2.24, 2.45) is 0 Å². The van der Waals surface area contributed by atoms with E-state index in [1.165, 1.54) is 6.92 Å². The Morgan fingerprint density at radius 1 is 1.11 bits per heavy atom. The third-order valence-corrected chi connectivity index (χ3v) is 4.12. The smallest absolute Gasteiger partial charge is 0.338 e. The molecule has 1 aliphatic heterocycles. The summed E-state index contributed by atoms with van der Waals surface area (Å²) in [5.41, 5.74) is 1.22. The second-order valence-corrected chi connectivity index (χ2v) is 6.33. The summed E-state index contributed by atoms with van der Waals surface area (Å²) in [5.74, 6) is 1.08. The molecule has 1 aliphatic rings. The molecule has 7 heteroatoms. The van der Waals surface area contributed by atoms with E-state index in [4.69, 9.17) is 18.9 Å². The van der Waals surface area contributed by atoms with Crippen LogP contribution in [0.2, 0.25) is 0 Å². The number of fused-ring (bicyclic) bond motifs is 1. The minimum Gasteiger partial charge on any atom is -0.494 e. The van der Waals surface area contributed by atoms with E-state index < -0.39 is 12.1 Å². The molecule has 0 aliphatic carbocycles. The second kappa shape index (κ2) is 9.12. The van der Waals surface area contributed by atoms with Crippen LogP contribution in [0.15, 0.2) is 42.5 Å². The number of carbonyl (C=O) groups is 2. The number of hydrogen-bond acceptors (Lipinski definition) is 6. The van der Waals surface area contributed by atoms with Gasteiger partial charge in [-0.05, 0) is 55.3 Å². The van der Waals surface area contributed by atoms with Gasteiger partial charge in [0.05, 0.1) is 12.2 Å². The molecule has 1 heterocycles. The van der Waals surface area contributed by atoms with Crippen LogP contribution in [0.1, 0.15) is 36.2 Å². The first-order chi connectivity index (χ1) is 13.6. The average Bonchev–Trinajstić information content (AvgIpc) is 3.18. The van der Waals surface area contributed by atoms with Gasteiger partial charge in [-0.3, -0.25) is 4.79 Å². The normalized spacial score (nSPS) is 12.9. The molecule has 7 nitrogen and oxygen atoms in total. The van der Waals surface area contributed by atoms with E-state index in [1.54, 1.807) is 30.3 Å². The largest absolute Gasteiger partial charge is 0.494 e. The molecule has 1 amide bonds. The Bertz CT molecular complexity index is 833. The summed E-state index contributed by atoms with van der Waals surface area (Å²) in [7, 11) is 0. The molecule has 2 aromatic carbocycles. The standard InChI is InChI=1S/C21H23NO6/c1-3-10-25-17-7-5-16(6-8-17)21(24)28-14(2)20(23)22-12-15-4-9-18-19(11-15)27-13-26-18/h4-9,11,14H,3,10,12-13H2,1-2H3,(H,22,23)/t14-/m0/s1. The molecule has 0 bridgehead atoms. The predicted molar refractivity (Wildman–Crippen MR) is 102 cm³/mol. The molecule has 0 fully saturated rings. The summed E-state index contributed by atoms with van der Waals surface area (Å²) in [6.07, 6.45) is -0.0135. The maximum absolute atomic E-state index is 12.2. The van der Waals surface area contributed by atoms with Crippen molar-refractivity contribution >= 4 is 11.9 Å². The lowest BCUT2D eigenvalue weighted by molar-refractivity contribution is -0.129. The Labute approximate surface area is 163 Å². The Morgan fingerprint density at radius 3 is 2.61 bits per heavy atom. The van der Waals surface area contributed by atoms with E-state index in [2.05, 4.69) is 5.32 Å². The Kier molecular flexibility index (Phi) is 6.37. The molecule has 1 atom stereocenters. The molecule has 0 unspecified atom stereocenters. The first-order valence-electron chi connectivity index (χ1n) is 9.17. The van der Waals surface area contributed by atoms with Crippen LogP contribution in [0, 0.1) is 0 Å². The van der Waals surface area contributed by atoms with Crippen molar-refractivity contribution in [1.29, 1.82) is 0 Å². The summed E-state index contributed by atoms with van der Waals surface area (Å²) < 4.78 is 21.3. The maximum Gasteiger partial charge on any atom is 0.338 e. The van der Waals surface area contributed by atoms with Crippen molar-refractivity contribution in [3.63, 3.8) is 0 Å². The van der Waals surface area contributed by atoms with Gasteiger partial charge in [-0.15, -0.1) is 0 Å². The highest BCUT2D eigenvalue weighted by atomic mass is 16.7. The third-order valence-electron chi connectivity index (χ3n) is 4.12.